The number of thioether (sulfide) groups is 1. The van der Waals surface area contributed by atoms with Crippen molar-refractivity contribution in [3.63, 3.8) is 0 Å². The lowest BCUT2D eigenvalue weighted by atomic mass is 9.94. The van der Waals surface area contributed by atoms with Crippen LogP contribution in [0.4, 0.5) is 0 Å². The van der Waals surface area contributed by atoms with E-state index in [0.717, 1.165) is 12.8 Å². The largest absolute Gasteiger partial charge is 0.328 e. The topological polar surface area (TPSA) is 26.0 Å². The number of hydrogen-bond donors (Lipinski definition) is 1. The van der Waals surface area contributed by atoms with E-state index < -0.39 is 0 Å². The van der Waals surface area contributed by atoms with Crippen LogP contribution in [0.15, 0.2) is 29.2 Å². The van der Waals surface area contributed by atoms with Crippen LogP contribution in [0.25, 0.3) is 0 Å². The number of hydrogen-bond acceptors (Lipinski definition) is 2. The molecule has 0 aliphatic rings. The van der Waals surface area contributed by atoms with Gasteiger partial charge < -0.3 is 5.73 Å². The molecule has 16 heavy (non-hydrogen) atoms. The highest BCUT2D eigenvalue weighted by molar-refractivity contribution is 7.98. The monoisotopic (exact) mass is 237 g/mol. The van der Waals surface area contributed by atoms with Gasteiger partial charge >= 0.3 is 0 Å². The molecule has 2 heteroatoms. The van der Waals surface area contributed by atoms with Gasteiger partial charge in [0.15, 0.2) is 0 Å². The molecule has 0 saturated heterocycles. The van der Waals surface area contributed by atoms with Crippen molar-refractivity contribution in [2.45, 2.75) is 50.0 Å². The van der Waals surface area contributed by atoms with E-state index in [0.29, 0.717) is 12.0 Å². The van der Waals surface area contributed by atoms with E-state index in [4.69, 9.17) is 5.73 Å². The second kappa shape index (κ2) is 6.97. The lowest BCUT2D eigenvalue weighted by Crippen LogP contribution is -2.18. The average Bonchev–Trinajstić information content (AvgIpc) is 2.35. The SMILES string of the molecule is CCC(N)CCC(C)c1ccc(SC)cc1. The minimum Gasteiger partial charge on any atom is -0.328 e. The quantitative estimate of drug-likeness (QED) is 0.756. The van der Waals surface area contributed by atoms with Crippen molar-refractivity contribution in [1.29, 1.82) is 0 Å². The molecule has 0 aromatic heterocycles. The molecule has 2 N–H and O–H groups in total. The van der Waals surface area contributed by atoms with E-state index in [1.54, 1.807) is 11.8 Å². The first-order chi connectivity index (χ1) is 7.67. The summed E-state index contributed by atoms with van der Waals surface area (Å²) in [5.41, 5.74) is 7.37. The van der Waals surface area contributed by atoms with E-state index in [-0.39, 0.29) is 0 Å². The van der Waals surface area contributed by atoms with Gasteiger partial charge in [-0.1, -0.05) is 26.0 Å². The Morgan fingerprint density at radius 2 is 1.81 bits per heavy atom. The fraction of sp³-hybridized carbons (Fsp3) is 0.571. The smallest absolute Gasteiger partial charge is 0.00693 e. The van der Waals surface area contributed by atoms with E-state index >= 15 is 0 Å². The van der Waals surface area contributed by atoms with Gasteiger partial charge in [-0.2, -0.15) is 0 Å². The predicted molar refractivity (Wildman–Crippen MR) is 74.1 cm³/mol. The third kappa shape index (κ3) is 4.18. The maximum absolute atomic E-state index is 5.94. The molecule has 2 unspecified atom stereocenters. The van der Waals surface area contributed by atoms with Crippen molar-refractivity contribution < 1.29 is 0 Å². The maximum Gasteiger partial charge on any atom is 0.00693 e. The third-order valence-electron chi connectivity index (χ3n) is 3.18. The molecule has 0 aliphatic heterocycles. The average molecular weight is 237 g/mol. The van der Waals surface area contributed by atoms with E-state index in [1.807, 2.05) is 0 Å². The van der Waals surface area contributed by atoms with Crippen molar-refractivity contribution in [1.82, 2.24) is 0 Å². The van der Waals surface area contributed by atoms with Crippen LogP contribution in [-0.2, 0) is 0 Å². The predicted octanol–water partition coefficient (Wildman–Crippen LogP) is 4.03. The molecule has 0 spiro atoms. The highest BCUT2D eigenvalue weighted by Gasteiger charge is 2.07. The van der Waals surface area contributed by atoms with Crippen LogP contribution in [0.1, 0.15) is 44.6 Å². The number of rotatable bonds is 6. The zero-order valence-electron chi connectivity index (χ0n) is 10.6. The standard InChI is InChI=1S/C14H23NS/c1-4-13(15)8-5-11(2)12-6-9-14(16-3)10-7-12/h6-7,9-11,13H,4-5,8,15H2,1-3H3. The van der Waals surface area contributed by atoms with Crippen LogP contribution in [0.2, 0.25) is 0 Å². The molecule has 0 bridgehead atoms. The summed E-state index contributed by atoms with van der Waals surface area (Å²) in [6, 6.07) is 9.27. The van der Waals surface area contributed by atoms with Gasteiger partial charge in [0.1, 0.15) is 0 Å². The zero-order chi connectivity index (χ0) is 12.0. The van der Waals surface area contributed by atoms with Crippen LogP contribution in [0.5, 0.6) is 0 Å². The lowest BCUT2D eigenvalue weighted by molar-refractivity contribution is 0.530. The minimum atomic E-state index is 0.368. The zero-order valence-corrected chi connectivity index (χ0v) is 11.4. The fourth-order valence-electron chi connectivity index (χ4n) is 1.77. The van der Waals surface area contributed by atoms with Crippen LogP contribution in [0.3, 0.4) is 0 Å². The molecule has 2 atom stereocenters. The third-order valence-corrected chi connectivity index (χ3v) is 3.92. The van der Waals surface area contributed by atoms with E-state index in [2.05, 4.69) is 44.4 Å². The molecule has 0 saturated carbocycles. The second-order valence-corrected chi connectivity index (χ2v) is 5.30. The Bertz CT molecular complexity index is 294. The van der Waals surface area contributed by atoms with Gasteiger partial charge in [-0.3, -0.25) is 0 Å². The van der Waals surface area contributed by atoms with Crippen LogP contribution < -0.4 is 5.73 Å². The highest BCUT2D eigenvalue weighted by Crippen LogP contribution is 2.24. The van der Waals surface area contributed by atoms with Crippen molar-refractivity contribution in [2.75, 3.05) is 6.26 Å². The Morgan fingerprint density at radius 3 is 2.31 bits per heavy atom. The van der Waals surface area contributed by atoms with Crippen LogP contribution >= 0.6 is 11.8 Å². The summed E-state index contributed by atoms with van der Waals surface area (Å²) in [5.74, 6) is 0.619. The van der Waals surface area contributed by atoms with Crippen molar-refractivity contribution in [3.05, 3.63) is 29.8 Å². The molecule has 0 radical (unpaired) electrons. The summed E-state index contributed by atoms with van der Waals surface area (Å²) in [6.45, 7) is 4.44. The Hall–Kier alpha value is -0.470. The summed E-state index contributed by atoms with van der Waals surface area (Å²) in [4.78, 5) is 1.33. The van der Waals surface area contributed by atoms with Crippen LogP contribution in [-0.4, -0.2) is 12.3 Å². The second-order valence-electron chi connectivity index (χ2n) is 4.42. The molecular formula is C14H23NS. The molecule has 1 aromatic carbocycles. The maximum atomic E-state index is 5.94. The fourth-order valence-corrected chi connectivity index (χ4v) is 2.18. The summed E-state index contributed by atoms with van der Waals surface area (Å²) in [6.07, 6.45) is 5.51. The highest BCUT2D eigenvalue weighted by atomic mass is 32.2. The molecule has 0 aliphatic carbocycles. The summed E-state index contributed by atoms with van der Waals surface area (Å²) in [5, 5.41) is 0. The molecule has 0 fully saturated rings. The molecule has 90 valence electrons. The van der Waals surface area contributed by atoms with Gasteiger partial charge in [-0.25, -0.2) is 0 Å². The number of nitrogens with two attached hydrogens (primary N) is 1. The van der Waals surface area contributed by atoms with Crippen molar-refractivity contribution in [3.8, 4) is 0 Å². The summed E-state index contributed by atoms with van der Waals surface area (Å²) < 4.78 is 0. The van der Waals surface area contributed by atoms with Gasteiger partial charge in [-0.05, 0) is 49.1 Å². The van der Waals surface area contributed by atoms with Crippen molar-refractivity contribution in [2.24, 2.45) is 5.73 Å². The van der Waals surface area contributed by atoms with Gasteiger partial charge in [0.25, 0.3) is 0 Å². The Labute approximate surface area is 104 Å². The first-order valence-electron chi connectivity index (χ1n) is 6.06. The summed E-state index contributed by atoms with van der Waals surface area (Å²) >= 11 is 1.79. The Balaban J connectivity index is 2.49. The van der Waals surface area contributed by atoms with Gasteiger partial charge in [-0.15, -0.1) is 11.8 Å². The van der Waals surface area contributed by atoms with Gasteiger partial charge in [0.05, 0.1) is 0 Å². The Kier molecular flexibility index (Phi) is 5.93. The minimum absolute atomic E-state index is 0.368. The first-order valence-corrected chi connectivity index (χ1v) is 7.29. The molecule has 0 heterocycles. The summed E-state index contributed by atoms with van der Waals surface area (Å²) in [7, 11) is 0. The molecular weight excluding hydrogens is 214 g/mol. The van der Waals surface area contributed by atoms with Gasteiger partial charge in [0, 0.05) is 10.9 Å². The molecule has 1 nitrogen and oxygen atoms in total. The first kappa shape index (κ1) is 13.6. The normalized spacial score (nSPS) is 14.8. The number of benzene rings is 1. The van der Waals surface area contributed by atoms with E-state index in [1.165, 1.54) is 16.9 Å². The van der Waals surface area contributed by atoms with Gasteiger partial charge in [0.2, 0.25) is 0 Å². The Morgan fingerprint density at radius 1 is 1.19 bits per heavy atom. The molecule has 1 rings (SSSR count). The molecule has 0 amide bonds. The van der Waals surface area contributed by atoms with Crippen molar-refractivity contribution >= 4 is 11.8 Å². The lowest BCUT2D eigenvalue weighted by Gasteiger charge is -2.15. The van der Waals surface area contributed by atoms with E-state index in [9.17, 15) is 0 Å². The van der Waals surface area contributed by atoms with Crippen LogP contribution in [0, 0.1) is 0 Å². The molecule has 1 aromatic rings.